The third kappa shape index (κ3) is 4.00. The molecule has 2 heteroatoms. The predicted octanol–water partition coefficient (Wildman–Crippen LogP) is 2.67. The van der Waals surface area contributed by atoms with E-state index in [0.29, 0.717) is 0 Å². The maximum absolute atomic E-state index is 4.46. The van der Waals surface area contributed by atoms with Gasteiger partial charge in [-0.2, -0.15) is 0 Å². The molecule has 1 saturated carbocycles. The normalized spacial score (nSPS) is 15.5. The molecule has 0 aliphatic heterocycles. The molecule has 1 N–H and O–H groups in total. The Morgan fingerprint density at radius 1 is 1.40 bits per heavy atom. The van der Waals surface area contributed by atoms with Crippen molar-refractivity contribution >= 4 is 0 Å². The minimum Gasteiger partial charge on any atom is -0.311 e. The van der Waals surface area contributed by atoms with Crippen molar-refractivity contribution in [2.75, 3.05) is 6.54 Å². The molecule has 1 aromatic rings. The van der Waals surface area contributed by atoms with E-state index in [0.717, 1.165) is 30.4 Å². The van der Waals surface area contributed by atoms with Crippen molar-refractivity contribution in [2.45, 2.75) is 39.2 Å². The molecular weight excluding hydrogens is 184 g/mol. The van der Waals surface area contributed by atoms with E-state index in [2.05, 4.69) is 22.4 Å². The van der Waals surface area contributed by atoms with Crippen molar-refractivity contribution in [3.8, 4) is 0 Å². The first-order valence-corrected chi connectivity index (χ1v) is 5.98. The molecule has 0 atom stereocenters. The van der Waals surface area contributed by atoms with Gasteiger partial charge in [0, 0.05) is 12.2 Å². The van der Waals surface area contributed by atoms with Gasteiger partial charge in [0.15, 0.2) is 0 Å². The van der Waals surface area contributed by atoms with Gasteiger partial charge in [0.1, 0.15) is 0 Å². The zero-order valence-corrected chi connectivity index (χ0v) is 9.50. The fourth-order valence-corrected chi connectivity index (χ4v) is 1.84. The number of nitrogens with zero attached hydrogens (tertiary/aromatic N) is 1. The molecule has 1 fully saturated rings. The van der Waals surface area contributed by atoms with Gasteiger partial charge in [-0.3, -0.25) is 4.98 Å². The van der Waals surface area contributed by atoms with Crippen LogP contribution in [0.25, 0.3) is 0 Å². The minimum atomic E-state index is 0.909. The molecule has 2 rings (SSSR count). The summed E-state index contributed by atoms with van der Waals surface area (Å²) in [5.74, 6) is 1.06. The summed E-state index contributed by atoms with van der Waals surface area (Å²) in [6, 6.07) is 6.20. The fraction of sp³-hybridized carbons (Fsp3) is 0.615. The van der Waals surface area contributed by atoms with Crippen LogP contribution >= 0.6 is 0 Å². The highest BCUT2D eigenvalue weighted by atomic mass is 14.9. The molecule has 1 aliphatic rings. The second-order valence-electron chi connectivity index (χ2n) is 4.53. The molecule has 0 bridgehead atoms. The lowest BCUT2D eigenvalue weighted by Gasteiger charge is -2.04. The van der Waals surface area contributed by atoms with Gasteiger partial charge in [-0.15, -0.1) is 0 Å². The lowest BCUT2D eigenvalue weighted by atomic mass is 10.2. The lowest BCUT2D eigenvalue weighted by Crippen LogP contribution is -2.15. The average molecular weight is 204 g/mol. The standard InChI is InChI=1S/C13H20N2/c1-11-4-2-6-13(15-11)10-14-9-3-5-12-7-8-12/h2,4,6,12,14H,3,5,7-10H2,1H3. The Hall–Kier alpha value is -0.890. The summed E-state index contributed by atoms with van der Waals surface area (Å²) in [6.45, 7) is 4.08. The van der Waals surface area contributed by atoms with Crippen LogP contribution in [-0.2, 0) is 6.54 Å². The Balaban J connectivity index is 1.60. The van der Waals surface area contributed by atoms with Gasteiger partial charge < -0.3 is 5.32 Å². The quantitative estimate of drug-likeness (QED) is 0.721. The van der Waals surface area contributed by atoms with Crippen molar-refractivity contribution in [1.82, 2.24) is 10.3 Å². The molecule has 1 aromatic heterocycles. The zero-order valence-electron chi connectivity index (χ0n) is 9.50. The predicted molar refractivity (Wildman–Crippen MR) is 62.6 cm³/mol. The van der Waals surface area contributed by atoms with Crippen molar-refractivity contribution in [3.05, 3.63) is 29.6 Å². The van der Waals surface area contributed by atoms with Crippen LogP contribution in [0.4, 0.5) is 0 Å². The molecule has 82 valence electrons. The summed E-state index contributed by atoms with van der Waals surface area (Å²) in [5.41, 5.74) is 2.26. The SMILES string of the molecule is Cc1cccc(CNCCCC2CC2)n1. The van der Waals surface area contributed by atoms with Gasteiger partial charge in [0.25, 0.3) is 0 Å². The first-order chi connectivity index (χ1) is 7.34. The number of aromatic nitrogens is 1. The van der Waals surface area contributed by atoms with E-state index in [1.807, 2.05) is 13.0 Å². The van der Waals surface area contributed by atoms with Gasteiger partial charge in [-0.05, 0) is 44.4 Å². The summed E-state index contributed by atoms with van der Waals surface area (Å²) in [7, 11) is 0. The zero-order chi connectivity index (χ0) is 10.5. The summed E-state index contributed by atoms with van der Waals surface area (Å²) >= 11 is 0. The molecule has 1 heterocycles. The third-order valence-electron chi connectivity index (χ3n) is 2.91. The minimum absolute atomic E-state index is 0.909. The van der Waals surface area contributed by atoms with Crippen LogP contribution in [0.15, 0.2) is 18.2 Å². The molecule has 0 aromatic carbocycles. The van der Waals surface area contributed by atoms with Crippen molar-refractivity contribution in [1.29, 1.82) is 0 Å². The molecule has 0 unspecified atom stereocenters. The summed E-state index contributed by atoms with van der Waals surface area (Å²) in [6.07, 6.45) is 5.67. The smallest absolute Gasteiger partial charge is 0.0544 e. The van der Waals surface area contributed by atoms with Crippen molar-refractivity contribution < 1.29 is 0 Å². The second-order valence-corrected chi connectivity index (χ2v) is 4.53. The maximum Gasteiger partial charge on any atom is 0.0544 e. The largest absolute Gasteiger partial charge is 0.311 e. The second kappa shape index (κ2) is 5.26. The van der Waals surface area contributed by atoms with Crippen LogP contribution in [0.3, 0.4) is 0 Å². The number of pyridine rings is 1. The van der Waals surface area contributed by atoms with Crippen LogP contribution in [0.1, 0.15) is 37.1 Å². The molecule has 0 amide bonds. The Bertz CT molecular complexity index is 305. The average Bonchev–Trinajstić information content (AvgIpc) is 3.01. The summed E-state index contributed by atoms with van der Waals surface area (Å²) in [4.78, 5) is 4.46. The molecule has 15 heavy (non-hydrogen) atoms. The highest BCUT2D eigenvalue weighted by molar-refractivity contribution is 5.09. The van der Waals surface area contributed by atoms with E-state index >= 15 is 0 Å². The maximum atomic E-state index is 4.46. The Morgan fingerprint density at radius 2 is 2.27 bits per heavy atom. The van der Waals surface area contributed by atoms with E-state index in [1.165, 1.54) is 25.7 Å². The highest BCUT2D eigenvalue weighted by Gasteiger charge is 2.19. The number of aryl methyl sites for hydroxylation is 1. The van der Waals surface area contributed by atoms with E-state index in [4.69, 9.17) is 0 Å². The first kappa shape index (κ1) is 10.6. The van der Waals surface area contributed by atoms with Gasteiger partial charge in [0.05, 0.1) is 5.69 Å². The Morgan fingerprint density at radius 3 is 3.00 bits per heavy atom. The van der Waals surface area contributed by atoms with E-state index in [-0.39, 0.29) is 0 Å². The monoisotopic (exact) mass is 204 g/mol. The topological polar surface area (TPSA) is 24.9 Å². The Kier molecular flexibility index (Phi) is 3.73. The number of rotatable bonds is 6. The first-order valence-electron chi connectivity index (χ1n) is 5.98. The van der Waals surface area contributed by atoms with E-state index in [9.17, 15) is 0 Å². The molecular formula is C13H20N2. The molecule has 0 spiro atoms. The van der Waals surface area contributed by atoms with Crippen LogP contribution in [0.2, 0.25) is 0 Å². The Labute approximate surface area is 92.1 Å². The summed E-state index contributed by atoms with van der Waals surface area (Å²) in [5, 5.41) is 3.45. The van der Waals surface area contributed by atoms with Crippen LogP contribution in [-0.4, -0.2) is 11.5 Å². The molecule has 0 saturated heterocycles. The third-order valence-corrected chi connectivity index (χ3v) is 2.91. The van der Waals surface area contributed by atoms with Crippen LogP contribution in [0, 0.1) is 12.8 Å². The van der Waals surface area contributed by atoms with Crippen LogP contribution < -0.4 is 5.32 Å². The van der Waals surface area contributed by atoms with Gasteiger partial charge in [-0.1, -0.05) is 18.9 Å². The molecule has 0 radical (unpaired) electrons. The lowest BCUT2D eigenvalue weighted by molar-refractivity contribution is 0.589. The number of hydrogen-bond acceptors (Lipinski definition) is 2. The van der Waals surface area contributed by atoms with E-state index < -0.39 is 0 Å². The highest BCUT2D eigenvalue weighted by Crippen LogP contribution is 2.33. The summed E-state index contributed by atoms with van der Waals surface area (Å²) < 4.78 is 0. The van der Waals surface area contributed by atoms with Crippen molar-refractivity contribution in [3.63, 3.8) is 0 Å². The molecule has 2 nitrogen and oxygen atoms in total. The molecule has 1 aliphatic carbocycles. The van der Waals surface area contributed by atoms with Gasteiger partial charge in [-0.25, -0.2) is 0 Å². The fourth-order valence-electron chi connectivity index (χ4n) is 1.84. The van der Waals surface area contributed by atoms with Crippen molar-refractivity contribution in [2.24, 2.45) is 5.92 Å². The van der Waals surface area contributed by atoms with E-state index in [1.54, 1.807) is 0 Å². The number of hydrogen-bond donors (Lipinski definition) is 1. The van der Waals surface area contributed by atoms with Gasteiger partial charge >= 0.3 is 0 Å². The number of nitrogens with one attached hydrogen (secondary N) is 1. The van der Waals surface area contributed by atoms with Gasteiger partial charge in [0.2, 0.25) is 0 Å². The van der Waals surface area contributed by atoms with Crippen LogP contribution in [0.5, 0.6) is 0 Å².